The third-order valence-electron chi connectivity index (χ3n) is 7.31. The van der Waals surface area contributed by atoms with Crippen LogP contribution in [0, 0.1) is 11.3 Å². The molecule has 0 rings (SSSR count). The van der Waals surface area contributed by atoms with Crippen molar-refractivity contribution in [1.29, 1.82) is 0 Å². The second-order valence-corrected chi connectivity index (χ2v) is 9.40. The van der Waals surface area contributed by atoms with Crippen LogP contribution in [0.25, 0.3) is 0 Å². The van der Waals surface area contributed by atoms with Crippen molar-refractivity contribution in [3.8, 4) is 0 Å². The summed E-state index contributed by atoms with van der Waals surface area (Å²) >= 11 is 0. The lowest BCUT2D eigenvalue weighted by molar-refractivity contribution is -0.135. The predicted molar refractivity (Wildman–Crippen MR) is 134 cm³/mol. The number of carbonyl (C=O) groups excluding carboxylic acids is 1. The van der Waals surface area contributed by atoms with Gasteiger partial charge in [0.2, 0.25) is 5.91 Å². The van der Waals surface area contributed by atoms with Crippen molar-refractivity contribution >= 4 is 5.91 Å². The highest BCUT2D eigenvalue weighted by Crippen LogP contribution is 2.40. The van der Waals surface area contributed by atoms with Gasteiger partial charge in [-0.1, -0.05) is 118 Å². The van der Waals surface area contributed by atoms with Gasteiger partial charge in [0.25, 0.3) is 0 Å². The molecule has 0 fully saturated rings. The maximum absolute atomic E-state index is 13.0. The molecule has 1 atom stereocenters. The average Bonchev–Trinajstić information content (AvgIpc) is 2.76. The van der Waals surface area contributed by atoms with E-state index < -0.39 is 0 Å². The molecule has 0 heterocycles. The summed E-state index contributed by atoms with van der Waals surface area (Å²) in [7, 11) is 0. The normalized spacial score (nSPS) is 12.8. The molecular weight excluding hydrogens is 368 g/mol. The van der Waals surface area contributed by atoms with E-state index in [1.807, 2.05) is 0 Å². The molecule has 0 radical (unpaired) electrons. The quantitative estimate of drug-likeness (QED) is 0.174. The van der Waals surface area contributed by atoms with Gasteiger partial charge in [-0.25, -0.2) is 0 Å². The van der Waals surface area contributed by atoms with Gasteiger partial charge in [0, 0.05) is 6.54 Å². The Balaban J connectivity index is 4.02. The zero-order valence-electron chi connectivity index (χ0n) is 21.2. The van der Waals surface area contributed by atoms with E-state index >= 15 is 0 Å². The molecule has 0 aromatic heterocycles. The number of hydrogen-bond acceptors (Lipinski definition) is 2. The van der Waals surface area contributed by atoms with Gasteiger partial charge in [-0.15, -0.1) is 0 Å². The number of hydrogen-bond donors (Lipinski definition) is 2. The summed E-state index contributed by atoms with van der Waals surface area (Å²) in [4.78, 5) is 13.0. The van der Waals surface area contributed by atoms with Gasteiger partial charge in [-0.2, -0.15) is 0 Å². The monoisotopic (exact) mass is 424 g/mol. The van der Waals surface area contributed by atoms with Crippen LogP contribution in [0.1, 0.15) is 143 Å². The molecular formula is C27H56N2O. The van der Waals surface area contributed by atoms with E-state index in [2.05, 4.69) is 33.0 Å². The van der Waals surface area contributed by atoms with E-state index in [1.54, 1.807) is 0 Å². The van der Waals surface area contributed by atoms with Crippen LogP contribution < -0.4 is 11.1 Å². The first kappa shape index (κ1) is 29.4. The van der Waals surface area contributed by atoms with Gasteiger partial charge < -0.3 is 11.1 Å². The Bertz CT molecular complexity index is 379. The molecule has 0 spiro atoms. The molecule has 0 aromatic rings. The molecule has 0 aliphatic heterocycles. The smallest absolute Gasteiger partial charge is 0.226 e. The lowest BCUT2D eigenvalue weighted by Gasteiger charge is -2.38. The number of nitrogens with two attached hydrogens (primary N) is 1. The molecule has 0 aliphatic rings. The number of rotatable bonds is 22. The molecule has 0 aromatic carbocycles. The summed E-state index contributed by atoms with van der Waals surface area (Å²) in [5.41, 5.74) is 5.39. The van der Waals surface area contributed by atoms with Crippen molar-refractivity contribution in [2.45, 2.75) is 143 Å². The highest BCUT2D eigenvalue weighted by molar-refractivity contribution is 5.82. The molecule has 0 saturated carbocycles. The van der Waals surface area contributed by atoms with Crippen molar-refractivity contribution in [3.63, 3.8) is 0 Å². The summed E-state index contributed by atoms with van der Waals surface area (Å²) in [5.74, 6) is 0.764. The first-order chi connectivity index (χ1) is 14.6. The van der Waals surface area contributed by atoms with Gasteiger partial charge in [-0.3, -0.25) is 4.79 Å². The zero-order valence-corrected chi connectivity index (χ0v) is 21.2. The fourth-order valence-corrected chi connectivity index (χ4v) is 5.09. The van der Waals surface area contributed by atoms with E-state index in [0.29, 0.717) is 19.0 Å². The first-order valence-electron chi connectivity index (χ1n) is 13.6. The molecule has 0 saturated heterocycles. The summed E-state index contributed by atoms with van der Waals surface area (Å²) in [6, 6.07) is 0. The van der Waals surface area contributed by atoms with E-state index in [1.165, 1.54) is 89.9 Å². The van der Waals surface area contributed by atoms with E-state index in [9.17, 15) is 4.79 Å². The molecule has 0 bridgehead atoms. The maximum atomic E-state index is 13.0. The summed E-state index contributed by atoms with van der Waals surface area (Å²) in [5, 5.41) is 3.17. The highest BCUT2D eigenvalue weighted by Gasteiger charge is 2.40. The number of carbonyl (C=O) groups is 1. The Hall–Kier alpha value is -0.570. The maximum Gasteiger partial charge on any atom is 0.226 e. The largest absolute Gasteiger partial charge is 0.356 e. The first-order valence-corrected chi connectivity index (χ1v) is 13.6. The van der Waals surface area contributed by atoms with Crippen molar-refractivity contribution in [3.05, 3.63) is 0 Å². The highest BCUT2D eigenvalue weighted by atomic mass is 16.2. The second kappa shape index (κ2) is 20.3. The van der Waals surface area contributed by atoms with E-state index in [4.69, 9.17) is 5.73 Å². The summed E-state index contributed by atoms with van der Waals surface area (Å²) in [6.45, 7) is 10.3. The number of nitrogens with one attached hydrogen (secondary N) is 1. The third kappa shape index (κ3) is 12.3. The molecule has 30 heavy (non-hydrogen) atoms. The van der Waals surface area contributed by atoms with Crippen LogP contribution in [0.15, 0.2) is 0 Å². The van der Waals surface area contributed by atoms with Crippen LogP contribution in [0.3, 0.4) is 0 Å². The van der Waals surface area contributed by atoms with Crippen molar-refractivity contribution < 1.29 is 4.79 Å². The van der Waals surface area contributed by atoms with Crippen LogP contribution in [0.5, 0.6) is 0 Å². The number of amides is 1. The zero-order chi connectivity index (χ0) is 22.5. The van der Waals surface area contributed by atoms with Crippen molar-refractivity contribution in [2.75, 3.05) is 13.1 Å². The minimum absolute atomic E-state index is 0.194. The molecule has 3 N–H and O–H groups in total. The Morgan fingerprint density at radius 1 is 0.733 bits per heavy atom. The molecule has 3 nitrogen and oxygen atoms in total. The topological polar surface area (TPSA) is 55.1 Å². The van der Waals surface area contributed by atoms with Gasteiger partial charge in [0.1, 0.15) is 0 Å². The Kier molecular flexibility index (Phi) is 20.0. The Labute approximate surface area is 189 Å². The third-order valence-corrected chi connectivity index (χ3v) is 7.31. The fraction of sp³-hybridized carbons (Fsp3) is 0.963. The standard InChI is InChI=1S/C27H56N2O/c1-5-9-10-11-12-13-14-15-16-17-18-19-20-22-25(6-2)27(7-3,8-4)26(30)29-24-21-23-28/h25H,5-24,28H2,1-4H3,(H,29,30). The van der Waals surface area contributed by atoms with Crippen LogP contribution in [-0.2, 0) is 4.79 Å². The van der Waals surface area contributed by atoms with E-state index in [0.717, 1.165) is 25.7 Å². The minimum atomic E-state index is -0.194. The second-order valence-electron chi connectivity index (χ2n) is 9.40. The van der Waals surface area contributed by atoms with Crippen LogP contribution in [0.2, 0.25) is 0 Å². The average molecular weight is 425 g/mol. The van der Waals surface area contributed by atoms with Gasteiger partial charge >= 0.3 is 0 Å². The SMILES string of the molecule is CCCCCCCCCCCCCCCC(CC)C(CC)(CC)C(=O)NCCCN. The summed E-state index contributed by atoms with van der Waals surface area (Å²) < 4.78 is 0. The van der Waals surface area contributed by atoms with Crippen LogP contribution in [0.4, 0.5) is 0 Å². The van der Waals surface area contributed by atoms with E-state index in [-0.39, 0.29) is 11.3 Å². The lowest BCUT2D eigenvalue weighted by atomic mass is 9.67. The van der Waals surface area contributed by atoms with Crippen molar-refractivity contribution in [2.24, 2.45) is 17.1 Å². The van der Waals surface area contributed by atoms with Crippen LogP contribution >= 0.6 is 0 Å². The van der Waals surface area contributed by atoms with Gasteiger partial charge in [0.05, 0.1) is 5.41 Å². The van der Waals surface area contributed by atoms with Gasteiger partial charge in [-0.05, 0) is 38.1 Å². The lowest BCUT2D eigenvalue weighted by Crippen LogP contribution is -2.45. The van der Waals surface area contributed by atoms with Gasteiger partial charge in [0.15, 0.2) is 0 Å². The Morgan fingerprint density at radius 2 is 1.20 bits per heavy atom. The predicted octanol–water partition coefficient (Wildman–Crippen LogP) is 7.77. The molecule has 1 amide bonds. The number of unbranched alkanes of at least 4 members (excludes halogenated alkanes) is 12. The minimum Gasteiger partial charge on any atom is -0.356 e. The van der Waals surface area contributed by atoms with Crippen LogP contribution in [-0.4, -0.2) is 19.0 Å². The molecule has 180 valence electrons. The molecule has 3 heteroatoms. The molecule has 0 aliphatic carbocycles. The Morgan fingerprint density at radius 3 is 1.60 bits per heavy atom. The van der Waals surface area contributed by atoms with Crippen molar-refractivity contribution in [1.82, 2.24) is 5.32 Å². The molecule has 1 unspecified atom stereocenters. The summed E-state index contributed by atoms with van der Waals surface area (Å²) in [6.07, 6.45) is 23.1. The fourth-order valence-electron chi connectivity index (χ4n) is 5.09.